The Labute approximate surface area is 156 Å². The fourth-order valence-electron chi connectivity index (χ4n) is 3.22. The van der Waals surface area contributed by atoms with Gasteiger partial charge in [0.2, 0.25) is 5.91 Å². The molecule has 3 rings (SSSR count). The first kappa shape index (κ1) is 18.6. The Morgan fingerprint density at radius 1 is 1.04 bits per heavy atom. The number of H-pyrrole nitrogens is 1. The number of aromatic amines is 1. The summed E-state index contributed by atoms with van der Waals surface area (Å²) in [6.45, 7) is 4.30. The van der Waals surface area contributed by atoms with E-state index in [1.165, 1.54) is 4.57 Å². The molecular formula is C21H23N3O3. The molecule has 0 fully saturated rings. The third-order valence-corrected chi connectivity index (χ3v) is 4.61. The number of fused-ring (bicyclic) bond motifs is 1. The van der Waals surface area contributed by atoms with Crippen molar-refractivity contribution in [2.24, 2.45) is 5.92 Å². The van der Waals surface area contributed by atoms with Gasteiger partial charge in [0.25, 0.3) is 5.56 Å². The highest BCUT2D eigenvalue weighted by atomic mass is 16.2. The number of carbonyl (C=O) groups is 1. The van der Waals surface area contributed by atoms with Crippen LogP contribution < -0.4 is 16.6 Å². The van der Waals surface area contributed by atoms with E-state index in [4.69, 9.17) is 0 Å². The lowest BCUT2D eigenvalue weighted by atomic mass is 9.96. The Bertz CT molecular complexity index is 1050. The maximum atomic E-state index is 12.5. The highest BCUT2D eigenvalue weighted by molar-refractivity contribution is 5.79. The monoisotopic (exact) mass is 365 g/mol. The van der Waals surface area contributed by atoms with E-state index < -0.39 is 11.2 Å². The number of amides is 1. The fraction of sp³-hybridized carbons (Fsp3) is 0.286. The molecule has 0 saturated heterocycles. The van der Waals surface area contributed by atoms with Crippen LogP contribution in [-0.2, 0) is 11.3 Å². The molecule has 2 N–H and O–H groups in total. The van der Waals surface area contributed by atoms with Crippen LogP contribution in [0.15, 0.2) is 64.2 Å². The van der Waals surface area contributed by atoms with Crippen LogP contribution in [0, 0.1) is 5.92 Å². The Kier molecular flexibility index (Phi) is 5.54. The minimum Gasteiger partial charge on any atom is -0.349 e. The number of aromatic nitrogens is 2. The lowest BCUT2D eigenvalue weighted by molar-refractivity contribution is -0.122. The quantitative estimate of drug-likeness (QED) is 0.704. The largest absolute Gasteiger partial charge is 0.349 e. The van der Waals surface area contributed by atoms with E-state index in [0.29, 0.717) is 10.9 Å². The number of nitrogens with zero attached hydrogens (tertiary/aromatic N) is 1. The average Bonchev–Trinajstić information content (AvgIpc) is 2.66. The van der Waals surface area contributed by atoms with E-state index in [9.17, 15) is 14.4 Å². The molecule has 0 bridgehead atoms. The highest BCUT2D eigenvalue weighted by Gasteiger charge is 2.18. The average molecular weight is 365 g/mol. The van der Waals surface area contributed by atoms with Gasteiger partial charge >= 0.3 is 5.69 Å². The summed E-state index contributed by atoms with van der Waals surface area (Å²) in [6, 6.07) is 16.6. The number of benzene rings is 2. The molecule has 1 atom stereocenters. The Balaban J connectivity index is 1.77. The summed E-state index contributed by atoms with van der Waals surface area (Å²) in [5.41, 5.74) is 0.658. The molecule has 0 radical (unpaired) electrons. The van der Waals surface area contributed by atoms with Crippen LogP contribution >= 0.6 is 0 Å². The first-order valence-corrected chi connectivity index (χ1v) is 9.03. The zero-order valence-corrected chi connectivity index (χ0v) is 15.4. The van der Waals surface area contributed by atoms with E-state index in [2.05, 4.69) is 24.1 Å². The molecule has 0 spiro atoms. The first-order valence-electron chi connectivity index (χ1n) is 9.03. The van der Waals surface area contributed by atoms with Gasteiger partial charge in [0.15, 0.2) is 0 Å². The van der Waals surface area contributed by atoms with Crippen molar-refractivity contribution < 1.29 is 4.79 Å². The van der Waals surface area contributed by atoms with Crippen molar-refractivity contribution in [2.75, 3.05) is 0 Å². The second kappa shape index (κ2) is 8.03. The molecule has 1 heterocycles. The molecule has 140 valence electrons. The van der Waals surface area contributed by atoms with Crippen molar-refractivity contribution in [3.8, 4) is 0 Å². The fourth-order valence-corrected chi connectivity index (χ4v) is 3.22. The SMILES string of the molecule is CC(C)C(NC(=O)CCn1c(=O)[nH]c(=O)c2ccccc21)c1ccccc1. The van der Waals surface area contributed by atoms with E-state index >= 15 is 0 Å². The van der Waals surface area contributed by atoms with Crippen LogP contribution in [-0.4, -0.2) is 15.5 Å². The Hall–Kier alpha value is -3.15. The Morgan fingerprint density at radius 2 is 1.70 bits per heavy atom. The van der Waals surface area contributed by atoms with Crippen LogP contribution in [0.2, 0.25) is 0 Å². The van der Waals surface area contributed by atoms with Crippen LogP contribution in [0.5, 0.6) is 0 Å². The molecule has 6 heteroatoms. The van der Waals surface area contributed by atoms with Gasteiger partial charge in [-0.15, -0.1) is 0 Å². The molecule has 1 unspecified atom stereocenters. The van der Waals surface area contributed by atoms with Crippen LogP contribution in [0.25, 0.3) is 10.9 Å². The molecule has 0 saturated carbocycles. The minimum atomic E-state index is -0.505. The summed E-state index contributed by atoms with van der Waals surface area (Å²) in [6.07, 6.45) is 0.145. The first-order chi connectivity index (χ1) is 13.0. The van der Waals surface area contributed by atoms with Gasteiger partial charge in [-0.25, -0.2) is 4.79 Å². The van der Waals surface area contributed by atoms with Crippen molar-refractivity contribution >= 4 is 16.8 Å². The van der Waals surface area contributed by atoms with Crippen molar-refractivity contribution in [2.45, 2.75) is 32.9 Å². The number of nitrogens with one attached hydrogen (secondary N) is 2. The normalized spacial score (nSPS) is 12.3. The number of para-hydroxylation sites is 1. The lowest BCUT2D eigenvalue weighted by Crippen LogP contribution is -2.35. The third-order valence-electron chi connectivity index (χ3n) is 4.61. The Morgan fingerprint density at radius 3 is 2.41 bits per heavy atom. The number of hydrogen-bond acceptors (Lipinski definition) is 3. The van der Waals surface area contributed by atoms with Crippen molar-refractivity contribution in [1.29, 1.82) is 0 Å². The summed E-state index contributed by atoms with van der Waals surface area (Å²) in [7, 11) is 0. The van der Waals surface area contributed by atoms with E-state index in [1.54, 1.807) is 24.3 Å². The van der Waals surface area contributed by atoms with Gasteiger partial charge in [0.05, 0.1) is 16.9 Å². The molecule has 2 aromatic carbocycles. The molecular weight excluding hydrogens is 342 g/mol. The number of hydrogen-bond donors (Lipinski definition) is 2. The molecule has 0 aliphatic carbocycles. The predicted octanol–water partition coefficient (Wildman–Crippen LogP) is 2.59. The van der Waals surface area contributed by atoms with Crippen molar-refractivity contribution in [1.82, 2.24) is 14.9 Å². The van der Waals surface area contributed by atoms with Crippen molar-refractivity contribution in [3.63, 3.8) is 0 Å². The molecule has 0 aliphatic rings. The summed E-state index contributed by atoms with van der Waals surface area (Å²) in [5, 5.41) is 3.49. The molecule has 3 aromatic rings. The van der Waals surface area contributed by atoms with Gasteiger partial charge in [-0.05, 0) is 23.6 Å². The second-order valence-electron chi connectivity index (χ2n) is 6.88. The van der Waals surface area contributed by atoms with Crippen LogP contribution in [0.3, 0.4) is 0 Å². The highest BCUT2D eigenvalue weighted by Crippen LogP contribution is 2.21. The topological polar surface area (TPSA) is 84.0 Å². The zero-order chi connectivity index (χ0) is 19.4. The zero-order valence-electron chi connectivity index (χ0n) is 15.4. The molecule has 1 aromatic heterocycles. The standard InChI is InChI=1S/C21H23N3O3/c1-14(2)19(15-8-4-3-5-9-15)22-18(25)12-13-24-17-11-7-6-10-16(17)20(26)23-21(24)27/h3-11,14,19H,12-13H2,1-2H3,(H,22,25)(H,23,26,27). The molecule has 27 heavy (non-hydrogen) atoms. The predicted molar refractivity (Wildman–Crippen MR) is 106 cm³/mol. The smallest absolute Gasteiger partial charge is 0.328 e. The van der Waals surface area contributed by atoms with Gasteiger partial charge in [-0.2, -0.15) is 0 Å². The van der Waals surface area contributed by atoms with Gasteiger partial charge in [0, 0.05) is 13.0 Å². The maximum Gasteiger partial charge on any atom is 0.328 e. The minimum absolute atomic E-state index is 0.0947. The number of carbonyl (C=O) groups excluding carboxylic acids is 1. The van der Waals surface area contributed by atoms with Crippen molar-refractivity contribution in [3.05, 3.63) is 81.0 Å². The molecule has 6 nitrogen and oxygen atoms in total. The summed E-state index contributed by atoms with van der Waals surface area (Å²) in [4.78, 5) is 38.9. The lowest BCUT2D eigenvalue weighted by Gasteiger charge is -2.23. The summed E-state index contributed by atoms with van der Waals surface area (Å²) < 4.78 is 1.43. The van der Waals surface area contributed by atoms with Gasteiger partial charge in [0.1, 0.15) is 0 Å². The third kappa shape index (κ3) is 4.16. The molecule has 1 amide bonds. The second-order valence-corrected chi connectivity index (χ2v) is 6.88. The molecule has 0 aliphatic heterocycles. The van der Waals surface area contributed by atoms with E-state index in [0.717, 1.165) is 5.56 Å². The van der Waals surface area contributed by atoms with Gasteiger partial charge < -0.3 is 5.32 Å². The summed E-state index contributed by atoms with van der Waals surface area (Å²) in [5.74, 6) is 0.0905. The van der Waals surface area contributed by atoms with Crippen LogP contribution in [0.1, 0.15) is 31.9 Å². The van der Waals surface area contributed by atoms with E-state index in [1.807, 2.05) is 30.3 Å². The van der Waals surface area contributed by atoms with Gasteiger partial charge in [-0.3, -0.25) is 19.1 Å². The number of aryl methyl sites for hydroxylation is 1. The summed E-state index contributed by atoms with van der Waals surface area (Å²) >= 11 is 0. The van der Waals surface area contributed by atoms with E-state index in [-0.39, 0.29) is 30.8 Å². The van der Waals surface area contributed by atoms with Gasteiger partial charge in [-0.1, -0.05) is 56.3 Å². The maximum absolute atomic E-state index is 12.5. The van der Waals surface area contributed by atoms with Crippen LogP contribution in [0.4, 0.5) is 0 Å². The number of rotatable bonds is 6.